The van der Waals surface area contributed by atoms with E-state index in [2.05, 4.69) is 5.32 Å². The number of amides is 1. The Morgan fingerprint density at radius 3 is 2.96 bits per heavy atom. The molecular weight excluding hydrogens is 372 g/mol. The molecule has 1 aromatic carbocycles. The van der Waals surface area contributed by atoms with Crippen molar-refractivity contribution in [2.75, 3.05) is 20.3 Å². The van der Waals surface area contributed by atoms with Crippen LogP contribution in [-0.4, -0.2) is 44.9 Å². The first-order chi connectivity index (χ1) is 12.4. The van der Waals surface area contributed by atoms with Crippen LogP contribution in [0, 0.1) is 0 Å². The maximum atomic E-state index is 13.0. The van der Waals surface area contributed by atoms with Gasteiger partial charge < -0.3 is 10.1 Å². The third-order valence-corrected chi connectivity index (χ3v) is 7.16. The maximum Gasteiger partial charge on any atom is 0.251 e. The Balaban J connectivity index is 1.80. The van der Waals surface area contributed by atoms with Gasteiger partial charge in [0.15, 0.2) is 0 Å². The molecular formula is C18H22N2O4S2. The zero-order valence-corrected chi connectivity index (χ0v) is 16.4. The van der Waals surface area contributed by atoms with Crippen molar-refractivity contribution in [3.63, 3.8) is 0 Å². The molecule has 0 fully saturated rings. The lowest BCUT2D eigenvalue weighted by Crippen LogP contribution is -2.36. The van der Waals surface area contributed by atoms with Gasteiger partial charge in [-0.2, -0.15) is 4.31 Å². The minimum absolute atomic E-state index is 0.142. The third kappa shape index (κ3) is 3.98. The number of rotatable bonds is 6. The van der Waals surface area contributed by atoms with Crippen LogP contribution in [0.3, 0.4) is 0 Å². The van der Waals surface area contributed by atoms with E-state index < -0.39 is 10.0 Å². The number of ether oxygens (including phenoxy) is 1. The van der Waals surface area contributed by atoms with Crippen molar-refractivity contribution in [2.24, 2.45) is 0 Å². The number of benzene rings is 1. The highest BCUT2D eigenvalue weighted by atomic mass is 32.2. The molecule has 6 nitrogen and oxygen atoms in total. The Morgan fingerprint density at radius 2 is 2.19 bits per heavy atom. The number of nitrogens with one attached hydrogen (secondary N) is 1. The van der Waals surface area contributed by atoms with E-state index in [0.29, 0.717) is 25.3 Å². The standard InChI is InChI=1S/C18H22N2O4S2/c1-13(12-24-2)19-18(21)14-4-3-5-16(10-14)26(22,23)20-8-6-17-15(11-20)7-9-25-17/h3-5,7,9-10,13H,6,8,11-12H2,1-2H3,(H,19,21)/t13-/m0/s1. The lowest BCUT2D eigenvalue weighted by molar-refractivity contribution is 0.0905. The van der Waals surface area contributed by atoms with Crippen molar-refractivity contribution < 1.29 is 17.9 Å². The van der Waals surface area contributed by atoms with Crippen molar-refractivity contribution in [3.05, 3.63) is 51.7 Å². The summed E-state index contributed by atoms with van der Waals surface area (Å²) in [6.45, 7) is 3.05. The number of methoxy groups -OCH3 is 1. The monoisotopic (exact) mass is 394 g/mol. The summed E-state index contributed by atoms with van der Waals surface area (Å²) in [4.78, 5) is 13.7. The van der Waals surface area contributed by atoms with Crippen molar-refractivity contribution in [1.29, 1.82) is 0 Å². The molecule has 26 heavy (non-hydrogen) atoms. The van der Waals surface area contributed by atoms with E-state index in [-0.39, 0.29) is 16.8 Å². The summed E-state index contributed by atoms with van der Waals surface area (Å²) in [5.41, 5.74) is 1.38. The van der Waals surface area contributed by atoms with Gasteiger partial charge in [0, 0.05) is 36.7 Å². The zero-order valence-electron chi connectivity index (χ0n) is 14.8. The number of carbonyl (C=O) groups is 1. The number of sulfonamides is 1. The summed E-state index contributed by atoms with van der Waals surface area (Å²) in [6, 6.07) is 8.00. The number of hydrogen-bond donors (Lipinski definition) is 1. The van der Waals surface area contributed by atoms with Gasteiger partial charge in [0.2, 0.25) is 10.0 Å². The molecule has 8 heteroatoms. The van der Waals surface area contributed by atoms with E-state index >= 15 is 0 Å². The lowest BCUT2D eigenvalue weighted by Gasteiger charge is -2.26. The highest BCUT2D eigenvalue weighted by Crippen LogP contribution is 2.28. The van der Waals surface area contributed by atoms with Gasteiger partial charge >= 0.3 is 0 Å². The number of thiophene rings is 1. The predicted molar refractivity (Wildman–Crippen MR) is 101 cm³/mol. The fourth-order valence-electron chi connectivity index (χ4n) is 2.97. The second kappa shape index (κ2) is 7.87. The molecule has 0 unspecified atom stereocenters. The number of fused-ring (bicyclic) bond motifs is 1. The Hall–Kier alpha value is -1.74. The van der Waals surface area contributed by atoms with Crippen molar-refractivity contribution >= 4 is 27.3 Å². The average molecular weight is 395 g/mol. The number of nitrogens with zero attached hydrogens (tertiary/aromatic N) is 1. The molecule has 1 atom stereocenters. The summed E-state index contributed by atoms with van der Waals surface area (Å²) in [6.07, 6.45) is 0.723. The van der Waals surface area contributed by atoms with Crippen LogP contribution in [0.15, 0.2) is 40.6 Å². The van der Waals surface area contributed by atoms with Gasteiger partial charge in [-0.1, -0.05) is 6.07 Å². The second-order valence-corrected chi connectivity index (χ2v) is 9.25. The summed E-state index contributed by atoms with van der Waals surface area (Å²) in [5, 5.41) is 4.79. The molecule has 1 amide bonds. The molecule has 1 aliphatic heterocycles. The van der Waals surface area contributed by atoms with Crippen LogP contribution in [0.5, 0.6) is 0 Å². The molecule has 1 N–H and O–H groups in total. The highest BCUT2D eigenvalue weighted by molar-refractivity contribution is 7.89. The third-order valence-electron chi connectivity index (χ3n) is 4.30. The largest absolute Gasteiger partial charge is 0.383 e. The Kier molecular flexibility index (Phi) is 5.76. The predicted octanol–water partition coefficient (Wildman–Crippen LogP) is 2.26. The second-order valence-electron chi connectivity index (χ2n) is 6.32. The van der Waals surface area contributed by atoms with Crippen LogP contribution in [0.25, 0.3) is 0 Å². The first-order valence-corrected chi connectivity index (χ1v) is 10.7. The number of carbonyl (C=O) groups excluding carboxylic acids is 1. The molecule has 1 aromatic heterocycles. The highest BCUT2D eigenvalue weighted by Gasteiger charge is 2.29. The zero-order chi connectivity index (χ0) is 18.7. The van der Waals surface area contributed by atoms with Crippen LogP contribution in [0.2, 0.25) is 0 Å². The molecule has 2 heterocycles. The molecule has 0 bridgehead atoms. The van der Waals surface area contributed by atoms with Gasteiger partial charge in [-0.15, -0.1) is 11.3 Å². The molecule has 2 aromatic rings. The number of hydrogen-bond acceptors (Lipinski definition) is 5. The topological polar surface area (TPSA) is 75.7 Å². The van der Waals surface area contributed by atoms with E-state index in [1.807, 2.05) is 18.4 Å². The molecule has 0 spiro atoms. The first kappa shape index (κ1) is 19.0. The maximum absolute atomic E-state index is 13.0. The van der Waals surface area contributed by atoms with E-state index in [4.69, 9.17) is 4.74 Å². The Morgan fingerprint density at radius 1 is 1.38 bits per heavy atom. The van der Waals surface area contributed by atoms with Crippen LogP contribution in [0.4, 0.5) is 0 Å². The van der Waals surface area contributed by atoms with Gasteiger partial charge in [0.25, 0.3) is 5.91 Å². The minimum Gasteiger partial charge on any atom is -0.383 e. The summed E-state index contributed by atoms with van der Waals surface area (Å²) in [7, 11) is -2.08. The van der Waals surface area contributed by atoms with Gasteiger partial charge in [0.05, 0.1) is 11.5 Å². The van der Waals surface area contributed by atoms with E-state index in [1.165, 1.54) is 21.3 Å². The minimum atomic E-state index is -3.64. The Labute approximate surface area is 157 Å². The van der Waals surface area contributed by atoms with Crippen LogP contribution >= 0.6 is 11.3 Å². The normalized spacial score (nSPS) is 16.1. The van der Waals surface area contributed by atoms with Gasteiger partial charge in [-0.05, 0) is 48.6 Å². The molecule has 140 valence electrons. The Bertz CT molecular complexity index is 892. The molecule has 0 aliphatic carbocycles. The summed E-state index contributed by atoms with van der Waals surface area (Å²) < 4.78 is 32.5. The van der Waals surface area contributed by atoms with Crippen LogP contribution < -0.4 is 5.32 Å². The van der Waals surface area contributed by atoms with Crippen molar-refractivity contribution in [2.45, 2.75) is 30.8 Å². The molecule has 0 radical (unpaired) electrons. The molecule has 0 saturated carbocycles. The van der Waals surface area contributed by atoms with Crippen LogP contribution in [-0.2, 0) is 27.7 Å². The van der Waals surface area contributed by atoms with Crippen molar-refractivity contribution in [3.8, 4) is 0 Å². The van der Waals surface area contributed by atoms with Crippen LogP contribution in [0.1, 0.15) is 27.7 Å². The first-order valence-electron chi connectivity index (χ1n) is 8.37. The smallest absolute Gasteiger partial charge is 0.251 e. The fraction of sp³-hybridized carbons (Fsp3) is 0.389. The van der Waals surface area contributed by atoms with Gasteiger partial charge in [-0.25, -0.2) is 8.42 Å². The van der Waals surface area contributed by atoms with Crippen molar-refractivity contribution in [1.82, 2.24) is 9.62 Å². The fourth-order valence-corrected chi connectivity index (χ4v) is 5.33. The lowest BCUT2D eigenvalue weighted by atomic mass is 10.1. The summed E-state index contributed by atoms with van der Waals surface area (Å²) >= 11 is 1.67. The quantitative estimate of drug-likeness (QED) is 0.815. The SMILES string of the molecule is COC[C@H](C)NC(=O)c1cccc(S(=O)(=O)N2CCc3sccc3C2)c1. The molecule has 3 rings (SSSR count). The van der Waals surface area contributed by atoms with Gasteiger partial charge in [-0.3, -0.25) is 4.79 Å². The van der Waals surface area contributed by atoms with E-state index in [9.17, 15) is 13.2 Å². The average Bonchev–Trinajstić information content (AvgIpc) is 3.09. The van der Waals surface area contributed by atoms with Gasteiger partial charge in [0.1, 0.15) is 0 Å². The van der Waals surface area contributed by atoms with E-state index in [0.717, 1.165) is 12.0 Å². The molecule has 0 saturated heterocycles. The molecule has 1 aliphatic rings. The van der Waals surface area contributed by atoms with E-state index in [1.54, 1.807) is 30.6 Å². The summed E-state index contributed by atoms with van der Waals surface area (Å²) in [5.74, 6) is -0.314.